The normalized spacial score (nSPS) is 16.7. The summed E-state index contributed by atoms with van der Waals surface area (Å²) in [5, 5.41) is 12.1. The highest BCUT2D eigenvalue weighted by Crippen LogP contribution is 2.22. The second-order valence-electron chi connectivity index (χ2n) is 6.92. The number of nitrogens with zero attached hydrogens (tertiary/aromatic N) is 5. The van der Waals surface area contributed by atoms with Crippen LogP contribution in [0.1, 0.15) is 48.5 Å². The van der Waals surface area contributed by atoms with E-state index in [1.807, 2.05) is 29.2 Å². The van der Waals surface area contributed by atoms with Gasteiger partial charge < -0.3 is 9.42 Å². The number of para-hydroxylation sites is 1. The molecule has 0 spiro atoms. The summed E-state index contributed by atoms with van der Waals surface area (Å²) in [7, 11) is 0. The molecule has 2 aromatic heterocycles. The molecule has 142 valence electrons. The number of hydrogen-bond donors (Lipinski definition) is 1. The van der Waals surface area contributed by atoms with Crippen LogP contribution in [0.5, 0.6) is 0 Å². The summed E-state index contributed by atoms with van der Waals surface area (Å²) in [5.74, 6) is 1.39. The van der Waals surface area contributed by atoms with E-state index in [1.165, 1.54) is 0 Å². The molecule has 3 heterocycles. The van der Waals surface area contributed by atoms with Crippen molar-refractivity contribution in [2.24, 2.45) is 0 Å². The average Bonchev–Trinajstić information content (AvgIpc) is 3.34. The molecule has 1 aromatic carbocycles. The Morgan fingerprint density at radius 1 is 1.26 bits per heavy atom. The first-order valence-electron chi connectivity index (χ1n) is 9.46. The van der Waals surface area contributed by atoms with Crippen LogP contribution in [0.25, 0.3) is 10.9 Å². The van der Waals surface area contributed by atoms with Crippen LogP contribution in [0.15, 0.2) is 28.8 Å². The zero-order chi connectivity index (χ0) is 18.8. The Bertz CT molecular complexity index is 925. The molecule has 0 aliphatic carbocycles. The number of rotatable bonds is 5. The van der Waals surface area contributed by atoms with Gasteiger partial charge in [-0.3, -0.25) is 14.8 Å². The fraction of sp³-hybridized carbons (Fsp3) is 0.474. The monoisotopic (exact) mass is 368 g/mol. The first-order valence-corrected chi connectivity index (χ1v) is 9.46. The Balaban J connectivity index is 1.40. The van der Waals surface area contributed by atoms with Crippen molar-refractivity contribution < 1.29 is 9.32 Å². The quantitative estimate of drug-likeness (QED) is 0.744. The Hall–Kier alpha value is -2.74. The minimum Gasteiger partial charge on any atom is -0.338 e. The zero-order valence-electron chi connectivity index (χ0n) is 15.7. The molecule has 0 bridgehead atoms. The van der Waals surface area contributed by atoms with Crippen molar-refractivity contribution in [3.63, 3.8) is 0 Å². The van der Waals surface area contributed by atoms with Crippen LogP contribution in [-0.2, 0) is 6.42 Å². The molecule has 1 N–H and O–H groups in total. The van der Waals surface area contributed by atoms with Crippen LogP contribution in [0.4, 0.5) is 0 Å². The van der Waals surface area contributed by atoms with Crippen LogP contribution in [-0.4, -0.2) is 62.2 Å². The number of aromatic nitrogens is 4. The molecule has 1 atom stereocenters. The first kappa shape index (κ1) is 17.7. The van der Waals surface area contributed by atoms with Crippen molar-refractivity contribution in [2.45, 2.75) is 32.7 Å². The smallest absolute Gasteiger partial charge is 0.275 e. The third-order valence-corrected chi connectivity index (χ3v) is 5.14. The van der Waals surface area contributed by atoms with Gasteiger partial charge in [0.15, 0.2) is 11.5 Å². The minimum absolute atomic E-state index is 0.0252. The minimum atomic E-state index is -0.0252. The van der Waals surface area contributed by atoms with Crippen molar-refractivity contribution in [3.05, 3.63) is 41.7 Å². The van der Waals surface area contributed by atoms with Gasteiger partial charge in [0.05, 0.1) is 11.6 Å². The fourth-order valence-corrected chi connectivity index (χ4v) is 3.51. The second-order valence-corrected chi connectivity index (χ2v) is 6.92. The first-order chi connectivity index (χ1) is 13.2. The lowest BCUT2D eigenvalue weighted by Gasteiger charge is -2.36. The van der Waals surface area contributed by atoms with Gasteiger partial charge in [-0.25, -0.2) is 0 Å². The van der Waals surface area contributed by atoms with Crippen molar-refractivity contribution in [1.29, 1.82) is 0 Å². The van der Waals surface area contributed by atoms with Gasteiger partial charge in [-0.1, -0.05) is 30.3 Å². The van der Waals surface area contributed by atoms with Gasteiger partial charge in [-0.2, -0.15) is 10.1 Å². The maximum absolute atomic E-state index is 12.9. The number of H-pyrrole nitrogens is 1. The number of benzene rings is 1. The molecule has 1 saturated heterocycles. The number of amides is 1. The third-order valence-electron chi connectivity index (χ3n) is 5.14. The number of aromatic amines is 1. The lowest BCUT2D eigenvalue weighted by Crippen LogP contribution is -2.49. The van der Waals surface area contributed by atoms with E-state index in [0.717, 1.165) is 42.7 Å². The van der Waals surface area contributed by atoms with Gasteiger partial charge in [-0.05, 0) is 19.4 Å². The number of nitrogens with one attached hydrogen (secondary N) is 1. The molecular weight excluding hydrogens is 344 g/mol. The van der Waals surface area contributed by atoms with E-state index in [0.29, 0.717) is 24.7 Å². The molecule has 1 amide bonds. The lowest BCUT2D eigenvalue weighted by atomic mass is 10.1. The van der Waals surface area contributed by atoms with Crippen LogP contribution < -0.4 is 0 Å². The molecule has 3 aromatic rings. The molecule has 27 heavy (non-hydrogen) atoms. The Kier molecular flexibility index (Phi) is 4.89. The molecule has 8 nitrogen and oxygen atoms in total. The molecule has 0 radical (unpaired) electrons. The highest BCUT2D eigenvalue weighted by molar-refractivity contribution is 6.04. The van der Waals surface area contributed by atoms with E-state index in [9.17, 15) is 4.79 Å². The van der Waals surface area contributed by atoms with E-state index in [4.69, 9.17) is 4.52 Å². The maximum Gasteiger partial charge on any atom is 0.275 e. The van der Waals surface area contributed by atoms with Crippen LogP contribution in [0.2, 0.25) is 0 Å². The van der Waals surface area contributed by atoms with Gasteiger partial charge in [0, 0.05) is 38.0 Å². The average molecular weight is 368 g/mol. The lowest BCUT2D eigenvalue weighted by molar-refractivity contribution is 0.0548. The van der Waals surface area contributed by atoms with Gasteiger partial charge in [-0.15, -0.1) is 0 Å². The molecular formula is C19H24N6O2. The summed E-state index contributed by atoms with van der Waals surface area (Å²) >= 11 is 0. The van der Waals surface area contributed by atoms with Gasteiger partial charge >= 0.3 is 0 Å². The maximum atomic E-state index is 12.9. The molecule has 4 rings (SSSR count). The highest BCUT2D eigenvalue weighted by Gasteiger charge is 2.29. The van der Waals surface area contributed by atoms with E-state index >= 15 is 0 Å². The number of piperazine rings is 1. The highest BCUT2D eigenvalue weighted by atomic mass is 16.5. The predicted molar refractivity (Wildman–Crippen MR) is 100 cm³/mol. The fourth-order valence-electron chi connectivity index (χ4n) is 3.51. The van der Waals surface area contributed by atoms with E-state index < -0.39 is 0 Å². The number of carbonyl (C=O) groups excluding carboxylic acids is 1. The van der Waals surface area contributed by atoms with E-state index in [2.05, 4.69) is 39.1 Å². The standard InChI is InChI=1S/C19H24N6O2/c1-3-6-16-20-18(27-23-16)13(2)24-9-11-25(12-10-24)19(26)17-14-7-4-5-8-15(14)21-22-17/h4-5,7-8,13H,3,6,9-12H2,1-2H3,(H,21,22). The van der Waals surface area contributed by atoms with Gasteiger partial charge in [0.25, 0.3) is 5.91 Å². The van der Waals surface area contributed by atoms with Crippen molar-refractivity contribution in [3.8, 4) is 0 Å². The van der Waals surface area contributed by atoms with Crippen molar-refractivity contribution in [1.82, 2.24) is 30.1 Å². The third kappa shape index (κ3) is 3.44. The van der Waals surface area contributed by atoms with E-state index in [-0.39, 0.29) is 11.9 Å². The molecule has 0 saturated carbocycles. The Labute approximate surface area is 157 Å². The van der Waals surface area contributed by atoms with E-state index in [1.54, 1.807) is 0 Å². The van der Waals surface area contributed by atoms with Gasteiger partial charge in [0.1, 0.15) is 0 Å². The molecule has 1 fully saturated rings. The summed E-state index contributed by atoms with van der Waals surface area (Å²) < 4.78 is 5.42. The molecule has 1 aliphatic rings. The molecule has 1 unspecified atom stereocenters. The predicted octanol–water partition coefficient (Wildman–Crippen LogP) is 2.42. The SMILES string of the molecule is CCCc1noc(C(C)N2CCN(C(=O)c3n[nH]c4ccccc34)CC2)n1. The Morgan fingerprint density at radius 3 is 2.81 bits per heavy atom. The van der Waals surface area contributed by atoms with Crippen LogP contribution >= 0.6 is 0 Å². The largest absolute Gasteiger partial charge is 0.338 e. The zero-order valence-corrected chi connectivity index (χ0v) is 15.7. The number of carbonyl (C=O) groups is 1. The molecule has 8 heteroatoms. The number of fused-ring (bicyclic) bond motifs is 1. The molecule has 1 aliphatic heterocycles. The summed E-state index contributed by atoms with van der Waals surface area (Å²) in [4.78, 5) is 21.5. The number of hydrogen-bond acceptors (Lipinski definition) is 6. The van der Waals surface area contributed by atoms with Crippen LogP contribution in [0, 0.1) is 0 Å². The summed E-state index contributed by atoms with van der Waals surface area (Å²) in [6.45, 7) is 7.00. The summed E-state index contributed by atoms with van der Waals surface area (Å²) in [6, 6.07) is 7.75. The van der Waals surface area contributed by atoms with Crippen molar-refractivity contribution in [2.75, 3.05) is 26.2 Å². The summed E-state index contributed by atoms with van der Waals surface area (Å²) in [5.41, 5.74) is 1.38. The van der Waals surface area contributed by atoms with Gasteiger partial charge in [0.2, 0.25) is 5.89 Å². The Morgan fingerprint density at radius 2 is 2.04 bits per heavy atom. The topological polar surface area (TPSA) is 91.2 Å². The van der Waals surface area contributed by atoms with Crippen molar-refractivity contribution >= 4 is 16.8 Å². The van der Waals surface area contributed by atoms with Crippen LogP contribution in [0.3, 0.4) is 0 Å². The summed E-state index contributed by atoms with van der Waals surface area (Å²) in [6.07, 6.45) is 1.83. The second kappa shape index (κ2) is 7.48. The number of aryl methyl sites for hydroxylation is 1.